The van der Waals surface area contributed by atoms with Gasteiger partial charge in [-0.2, -0.15) is 0 Å². The molecule has 1 aliphatic heterocycles. The zero-order valence-corrected chi connectivity index (χ0v) is 11.7. The first-order valence-corrected chi connectivity index (χ1v) is 6.93. The first-order valence-electron chi connectivity index (χ1n) is 6.93. The number of piperidine rings is 1. The van der Waals surface area contributed by atoms with Gasteiger partial charge in [-0.15, -0.1) is 0 Å². The quantitative estimate of drug-likeness (QED) is 0.806. The van der Waals surface area contributed by atoms with Crippen LogP contribution in [-0.4, -0.2) is 28.9 Å². The van der Waals surface area contributed by atoms with Crippen LogP contribution in [0.1, 0.15) is 39.3 Å². The van der Waals surface area contributed by atoms with Gasteiger partial charge in [-0.25, -0.2) is 0 Å². The van der Waals surface area contributed by atoms with Gasteiger partial charge in [0.15, 0.2) is 0 Å². The molecule has 18 heavy (non-hydrogen) atoms. The minimum absolute atomic E-state index is 0.214. The molecule has 1 aromatic heterocycles. The van der Waals surface area contributed by atoms with Crippen LogP contribution < -0.4 is 0 Å². The molecule has 100 valence electrons. The molecule has 2 rings (SSSR count). The Balaban J connectivity index is 0.000000771. The number of rotatable bonds is 2. The van der Waals surface area contributed by atoms with Crippen LogP contribution >= 0.6 is 0 Å². The van der Waals surface area contributed by atoms with Gasteiger partial charge >= 0.3 is 0 Å². The number of nitrogens with zero attached hydrogens (tertiary/aromatic N) is 2. The van der Waals surface area contributed by atoms with E-state index in [0.29, 0.717) is 6.42 Å². The van der Waals surface area contributed by atoms with Crippen LogP contribution in [0.4, 0.5) is 0 Å². The summed E-state index contributed by atoms with van der Waals surface area (Å²) in [5.41, 5.74) is 0.867. The van der Waals surface area contributed by atoms with Crippen LogP contribution in [0.2, 0.25) is 0 Å². The molecule has 0 N–H and O–H groups in total. The lowest BCUT2D eigenvalue weighted by molar-refractivity contribution is -0.131. The third-order valence-electron chi connectivity index (χ3n) is 3.19. The fourth-order valence-electron chi connectivity index (χ4n) is 2.03. The Bertz CT molecular complexity index is 343. The van der Waals surface area contributed by atoms with E-state index in [-0.39, 0.29) is 5.91 Å². The van der Waals surface area contributed by atoms with Crippen molar-refractivity contribution in [3.8, 4) is 0 Å². The zero-order chi connectivity index (χ0) is 13.4. The topological polar surface area (TPSA) is 33.2 Å². The van der Waals surface area contributed by atoms with Crippen molar-refractivity contribution in [1.82, 2.24) is 9.88 Å². The van der Waals surface area contributed by atoms with Gasteiger partial charge in [-0.05, 0) is 30.9 Å². The highest BCUT2D eigenvalue weighted by Gasteiger charge is 2.20. The average Bonchev–Trinajstić information content (AvgIpc) is 2.43. The normalized spacial score (nSPS) is 15.8. The lowest BCUT2D eigenvalue weighted by Gasteiger charge is -2.30. The fraction of sp³-hybridized carbons (Fsp3) is 0.600. The maximum Gasteiger partial charge on any atom is 0.228 e. The van der Waals surface area contributed by atoms with E-state index in [9.17, 15) is 4.79 Å². The van der Waals surface area contributed by atoms with Crippen LogP contribution in [0.5, 0.6) is 0 Å². The van der Waals surface area contributed by atoms with E-state index in [4.69, 9.17) is 0 Å². The second-order valence-corrected chi connectivity index (χ2v) is 4.56. The second-order valence-electron chi connectivity index (χ2n) is 4.56. The predicted molar refractivity (Wildman–Crippen MR) is 74.3 cm³/mol. The molecule has 2 heterocycles. The largest absolute Gasteiger partial charge is 0.342 e. The number of aromatic nitrogens is 1. The molecule has 0 aromatic carbocycles. The molecule has 0 bridgehead atoms. The molecule has 0 aliphatic carbocycles. The summed E-state index contributed by atoms with van der Waals surface area (Å²) in [6, 6.07) is 5.70. The summed E-state index contributed by atoms with van der Waals surface area (Å²) in [5, 5.41) is 0. The molecule has 1 aliphatic rings. The van der Waals surface area contributed by atoms with Crippen LogP contribution in [0.15, 0.2) is 24.4 Å². The van der Waals surface area contributed by atoms with Crippen LogP contribution in [0.3, 0.4) is 0 Å². The summed E-state index contributed by atoms with van der Waals surface area (Å²) in [6.07, 6.45) is 4.44. The Morgan fingerprint density at radius 1 is 1.33 bits per heavy atom. The van der Waals surface area contributed by atoms with Crippen molar-refractivity contribution >= 4 is 5.91 Å². The highest BCUT2D eigenvalue weighted by Crippen LogP contribution is 2.16. The van der Waals surface area contributed by atoms with Gasteiger partial charge in [0.25, 0.3) is 0 Å². The van der Waals surface area contributed by atoms with Crippen molar-refractivity contribution in [1.29, 1.82) is 0 Å². The van der Waals surface area contributed by atoms with E-state index in [1.165, 1.54) is 0 Å². The maximum atomic E-state index is 12.0. The first-order chi connectivity index (χ1) is 8.75. The Hall–Kier alpha value is -1.38. The van der Waals surface area contributed by atoms with E-state index in [1.54, 1.807) is 6.20 Å². The van der Waals surface area contributed by atoms with E-state index < -0.39 is 0 Å². The van der Waals surface area contributed by atoms with E-state index in [2.05, 4.69) is 11.9 Å². The summed E-state index contributed by atoms with van der Waals surface area (Å²) in [7, 11) is 0. The summed E-state index contributed by atoms with van der Waals surface area (Å²) in [6.45, 7) is 8.07. The summed E-state index contributed by atoms with van der Waals surface area (Å²) in [5.74, 6) is 0.976. The number of likely N-dealkylation sites (tertiary alicyclic amines) is 1. The lowest BCUT2D eigenvalue weighted by Crippen LogP contribution is -2.38. The SMILES string of the molecule is CC.CC1CCN(C(=O)Cc2ccccn2)CC1. The Morgan fingerprint density at radius 2 is 2.00 bits per heavy atom. The van der Waals surface area contributed by atoms with Crippen molar-refractivity contribution < 1.29 is 4.79 Å². The Labute approximate surface area is 110 Å². The highest BCUT2D eigenvalue weighted by atomic mass is 16.2. The molecule has 0 radical (unpaired) electrons. The van der Waals surface area contributed by atoms with Crippen molar-refractivity contribution in [3.63, 3.8) is 0 Å². The summed E-state index contributed by atoms with van der Waals surface area (Å²) >= 11 is 0. The molecule has 3 heteroatoms. The van der Waals surface area contributed by atoms with Gasteiger partial charge in [0, 0.05) is 25.0 Å². The van der Waals surface area contributed by atoms with Crippen molar-refractivity contribution in [3.05, 3.63) is 30.1 Å². The van der Waals surface area contributed by atoms with Gasteiger partial charge < -0.3 is 4.90 Å². The number of carbonyl (C=O) groups excluding carboxylic acids is 1. The van der Waals surface area contributed by atoms with Crippen LogP contribution in [0, 0.1) is 5.92 Å². The predicted octanol–water partition coefficient (Wildman–Crippen LogP) is 2.91. The molecular weight excluding hydrogens is 224 g/mol. The number of hydrogen-bond acceptors (Lipinski definition) is 2. The molecule has 1 amide bonds. The smallest absolute Gasteiger partial charge is 0.228 e. The van der Waals surface area contributed by atoms with E-state index >= 15 is 0 Å². The third-order valence-corrected chi connectivity index (χ3v) is 3.19. The average molecular weight is 248 g/mol. The monoisotopic (exact) mass is 248 g/mol. The Morgan fingerprint density at radius 3 is 2.56 bits per heavy atom. The molecule has 1 aromatic rings. The Kier molecular flexibility index (Phi) is 6.40. The second kappa shape index (κ2) is 7.85. The summed E-state index contributed by atoms with van der Waals surface area (Å²) in [4.78, 5) is 18.1. The minimum atomic E-state index is 0.214. The van der Waals surface area contributed by atoms with Gasteiger partial charge in [0.1, 0.15) is 0 Å². The fourth-order valence-corrected chi connectivity index (χ4v) is 2.03. The molecular formula is C15H24N2O. The van der Waals surface area contributed by atoms with Crippen molar-refractivity contribution in [2.24, 2.45) is 5.92 Å². The molecule has 1 fully saturated rings. The van der Waals surface area contributed by atoms with Gasteiger partial charge in [0.2, 0.25) is 5.91 Å². The number of hydrogen-bond donors (Lipinski definition) is 0. The van der Waals surface area contributed by atoms with E-state index in [1.807, 2.05) is 36.9 Å². The van der Waals surface area contributed by atoms with E-state index in [0.717, 1.165) is 37.5 Å². The molecule has 0 spiro atoms. The maximum absolute atomic E-state index is 12.0. The zero-order valence-electron chi connectivity index (χ0n) is 11.7. The summed E-state index contributed by atoms with van der Waals surface area (Å²) < 4.78 is 0. The standard InChI is InChI=1S/C13H18N2O.C2H6/c1-11-5-8-15(9-6-11)13(16)10-12-4-2-3-7-14-12;1-2/h2-4,7,11H,5-6,8-10H2,1H3;1-2H3. The third kappa shape index (κ3) is 4.47. The van der Waals surface area contributed by atoms with Gasteiger partial charge in [0.05, 0.1) is 6.42 Å². The van der Waals surface area contributed by atoms with Crippen LogP contribution in [-0.2, 0) is 11.2 Å². The minimum Gasteiger partial charge on any atom is -0.342 e. The first kappa shape index (κ1) is 14.7. The lowest BCUT2D eigenvalue weighted by atomic mass is 9.99. The molecule has 3 nitrogen and oxygen atoms in total. The molecule has 1 saturated heterocycles. The van der Waals surface area contributed by atoms with Crippen molar-refractivity contribution in [2.75, 3.05) is 13.1 Å². The molecule has 0 saturated carbocycles. The van der Waals surface area contributed by atoms with Gasteiger partial charge in [-0.3, -0.25) is 9.78 Å². The van der Waals surface area contributed by atoms with Crippen LogP contribution in [0.25, 0.3) is 0 Å². The molecule has 0 atom stereocenters. The molecule has 0 unspecified atom stereocenters. The number of amides is 1. The number of pyridine rings is 1. The van der Waals surface area contributed by atoms with Crippen molar-refractivity contribution in [2.45, 2.75) is 40.0 Å². The highest BCUT2D eigenvalue weighted by molar-refractivity contribution is 5.78. The van der Waals surface area contributed by atoms with Gasteiger partial charge in [-0.1, -0.05) is 26.8 Å². The number of carbonyl (C=O) groups is 1.